The highest BCUT2D eigenvalue weighted by molar-refractivity contribution is 5.22. The maximum Gasteiger partial charge on any atom is 0.126 e. The molecule has 0 saturated carbocycles. The number of benzene rings is 1. The molecule has 1 aromatic rings. The summed E-state index contributed by atoms with van der Waals surface area (Å²) in [5, 5.41) is 3.16. The Labute approximate surface area is 113 Å². The van der Waals surface area contributed by atoms with Crippen molar-refractivity contribution < 1.29 is 4.39 Å². The summed E-state index contributed by atoms with van der Waals surface area (Å²) in [6.07, 6.45) is 0. The van der Waals surface area contributed by atoms with Gasteiger partial charge in [-0.15, -0.1) is 0 Å². The number of aryl methyl sites for hydroxylation is 2. The molecular weight excluding hydrogens is 225 g/mol. The maximum absolute atomic E-state index is 12.5. The van der Waals surface area contributed by atoms with E-state index in [-0.39, 0.29) is 5.82 Å². The third-order valence-electron chi connectivity index (χ3n) is 2.30. The normalized spacial score (nSPS) is 12.7. The first-order valence-electron chi connectivity index (χ1n) is 7.03. The molecule has 1 saturated heterocycles. The summed E-state index contributed by atoms with van der Waals surface area (Å²) < 4.78 is 12.5. The van der Waals surface area contributed by atoms with E-state index in [1.807, 2.05) is 40.7 Å². The van der Waals surface area contributed by atoms with Crippen molar-refractivity contribution in [3.05, 3.63) is 35.1 Å². The molecule has 0 aromatic heterocycles. The van der Waals surface area contributed by atoms with Gasteiger partial charge in [-0.1, -0.05) is 52.3 Å². The van der Waals surface area contributed by atoms with Gasteiger partial charge in [-0.2, -0.15) is 0 Å². The summed E-state index contributed by atoms with van der Waals surface area (Å²) in [5.74, 6) is 0.829. The van der Waals surface area contributed by atoms with E-state index >= 15 is 0 Å². The molecule has 1 nitrogen and oxygen atoms in total. The Balaban J connectivity index is 0. The Morgan fingerprint density at radius 3 is 1.72 bits per heavy atom. The van der Waals surface area contributed by atoms with E-state index in [1.165, 1.54) is 19.2 Å². The molecule has 2 rings (SSSR count). The Kier molecular flexibility index (Phi) is 13.6. The summed E-state index contributed by atoms with van der Waals surface area (Å²) in [6.45, 7) is 16.4. The van der Waals surface area contributed by atoms with Crippen molar-refractivity contribution in [3.63, 3.8) is 0 Å². The van der Waals surface area contributed by atoms with Crippen LogP contribution in [0.3, 0.4) is 0 Å². The number of hydrogen-bond acceptors (Lipinski definition) is 1. The lowest BCUT2D eigenvalue weighted by atomic mass is 10.1. The zero-order valence-corrected chi connectivity index (χ0v) is 13.1. The van der Waals surface area contributed by atoms with Crippen LogP contribution in [0.4, 0.5) is 4.39 Å². The summed E-state index contributed by atoms with van der Waals surface area (Å²) in [5.41, 5.74) is 1.82. The molecule has 0 bridgehead atoms. The Morgan fingerprint density at radius 2 is 1.50 bits per heavy atom. The predicted molar refractivity (Wildman–Crippen MR) is 80.6 cm³/mol. The van der Waals surface area contributed by atoms with Gasteiger partial charge in [-0.3, -0.25) is 0 Å². The largest absolute Gasteiger partial charge is 0.316 e. The molecule has 1 fully saturated rings. The van der Waals surface area contributed by atoms with E-state index in [0.29, 0.717) is 0 Å². The summed E-state index contributed by atoms with van der Waals surface area (Å²) >= 11 is 0. The number of nitrogens with one attached hydrogen (secondary N) is 1. The lowest BCUT2D eigenvalue weighted by Crippen LogP contribution is -2.39. The fraction of sp³-hybridized carbons (Fsp3) is 0.625. The number of rotatable bonds is 0. The quantitative estimate of drug-likeness (QED) is 0.707. The van der Waals surface area contributed by atoms with Gasteiger partial charge in [0.25, 0.3) is 0 Å². The summed E-state index contributed by atoms with van der Waals surface area (Å²) in [7, 11) is 0. The van der Waals surface area contributed by atoms with Crippen LogP contribution in [0, 0.1) is 25.6 Å². The van der Waals surface area contributed by atoms with E-state index in [1.54, 1.807) is 13.0 Å². The molecule has 1 heterocycles. The van der Waals surface area contributed by atoms with Crippen molar-refractivity contribution in [2.45, 2.75) is 48.5 Å². The first kappa shape index (κ1) is 19.4. The highest BCUT2D eigenvalue weighted by atomic mass is 19.1. The minimum atomic E-state index is -0.124. The molecule has 1 aliphatic rings. The van der Waals surface area contributed by atoms with Crippen molar-refractivity contribution in [2.24, 2.45) is 5.92 Å². The first-order valence-corrected chi connectivity index (χ1v) is 7.03. The average Bonchev–Trinajstić information content (AvgIpc) is 2.37. The predicted octanol–water partition coefficient (Wildman–Crippen LogP) is 4.72. The molecule has 0 unspecified atom stereocenters. The summed E-state index contributed by atoms with van der Waals surface area (Å²) in [6, 6.07) is 5.09. The third kappa shape index (κ3) is 9.17. The maximum atomic E-state index is 12.5. The molecule has 0 amide bonds. The van der Waals surface area contributed by atoms with E-state index in [0.717, 1.165) is 17.0 Å². The lowest BCUT2D eigenvalue weighted by Gasteiger charge is -2.21. The number of hydrogen-bond donors (Lipinski definition) is 1. The molecule has 0 aliphatic carbocycles. The van der Waals surface area contributed by atoms with Crippen LogP contribution in [-0.2, 0) is 0 Å². The highest BCUT2D eigenvalue weighted by Crippen LogP contribution is 2.06. The van der Waals surface area contributed by atoms with Crippen LogP contribution in [0.15, 0.2) is 18.2 Å². The Morgan fingerprint density at radius 1 is 1.06 bits per heavy atom. The van der Waals surface area contributed by atoms with Crippen LogP contribution >= 0.6 is 0 Å². The molecule has 1 N–H and O–H groups in total. The van der Waals surface area contributed by atoms with Crippen LogP contribution in [0.5, 0.6) is 0 Å². The standard InChI is InChI=1S/C8H9F.C4H9N.2C2H6/c1-6-3-4-8(9)7(2)5-6;1-4-2-5-3-4;2*1-2/h3-5H,1-2H3;4-5H,2-3H2,1H3;2*1-2H3. The van der Waals surface area contributed by atoms with Gasteiger partial charge in [0.1, 0.15) is 5.82 Å². The van der Waals surface area contributed by atoms with Crippen molar-refractivity contribution in [1.29, 1.82) is 0 Å². The average molecular weight is 255 g/mol. The Bertz CT molecular complexity index is 293. The van der Waals surface area contributed by atoms with Gasteiger partial charge in [0.05, 0.1) is 0 Å². The van der Waals surface area contributed by atoms with E-state index in [4.69, 9.17) is 0 Å². The van der Waals surface area contributed by atoms with Gasteiger partial charge in [0, 0.05) is 0 Å². The van der Waals surface area contributed by atoms with Gasteiger partial charge in [-0.25, -0.2) is 4.39 Å². The molecule has 1 aliphatic heterocycles. The smallest absolute Gasteiger partial charge is 0.126 e. The zero-order valence-electron chi connectivity index (χ0n) is 13.1. The van der Waals surface area contributed by atoms with Crippen LogP contribution in [0.2, 0.25) is 0 Å². The van der Waals surface area contributed by atoms with Crippen LogP contribution in [0.25, 0.3) is 0 Å². The molecule has 18 heavy (non-hydrogen) atoms. The van der Waals surface area contributed by atoms with Gasteiger partial charge in [0.2, 0.25) is 0 Å². The monoisotopic (exact) mass is 255 g/mol. The highest BCUT2D eigenvalue weighted by Gasteiger charge is 2.07. The number of halogens is 1. The second-order valence-electron chi connectivity index (χ2n) is 4.02. The third-order valence-corrected chi connectivity index (χ3v) is 2.30. The molecule has 0 atom stereocenters. The second-order valence-corrected chi connectivity index (χ2v) is 4.02. The fourth-order valence-corrected chi connectivity index (χ4v) is 1.23. The van der Waals surface area contributed by atoms with Crippen LogP contribution < -0.4 is 5.32 Å². The van der Waals surface area contributed by atoms with Gasteiger partial charge in [-0.05, 0) is 44.5 Å². The minimum Gasteiger partial charge on any atom is -0.316 e. The molecule has 1 aromatic carbocycles. The van der Waals surface area contributed by atoms with Crippen molar-refractivity contribution >= 4 is 0 Å². The Hall–Kier alpha value is -0.890. The minimum absolute atomic E-state index is 0.124. The molecule has 106 valence electrons. The van der Waals surface area contributed by atoms with Crippen LogP contribution in [0.1, 0.15) is 45.7 Å². The first-order chi connectivity index (χ1) is 8.59. The lowest BCUT2D eigenvalue weighted by molar-refractivity contribution is 0.379. The second kappa shape index (κ2) is 12.6. The SMILES string of the molecule is CC.CC.CC1CNC1.Cc1ccc(F)c(C)c1. The van der Waals surface area contributed by atoms with Gasteiger partial charge in [0.15, 0.2) is 0 Å². The van der Waals surface area contributed by atoms with E-state index in [9.17, 15) is 4.39 Å². The van der Waals surface area contributed by atoms with Crippen LogP contribution in [-0.4, -0.2) is 13.1 Å². The topological polar surface area (TPSA) is 12.0 Å². The van der Waals surface area contributed by atoms with Gasteiger partial charge < -0.3 is 5.32 Å². The molecule has 0 radical (unpaired) electrons. The molecule has 2 heteroatoms. The fourth-order valence-electron chi connectivity index (χ4n) is 1.23. The molecule has 0 spiro atoms. The van der Waals surface area contributed by atoms with Gasteiger partial charge >= 0.3 is 0 Å². The molecular formula is C16H30FN. The van der Waals surface area contributed by atoms with E-state index < -0.39 is 0 Å². The van der Waals surface area contributed by atoms with Crippen molar-refractivity contribution in [1.82, 2.24) is 5.32 Å². The summed E-state index contributed by atoms with van der Waals surface area (Å²) in [4.78, 5) is 0. The van der Waals surface area contributed by atoms with E-state index in [2.05, 4.69) is 12.2 Å². The van der Waals surface area contributed by atoms with Crippen molar-refractivity contribution in [3.8, 4) is 0 Å². The van der Waals surface area contributed by atoms with Crippen molar-refractivity contribution in [2.75, 3.05) is 13.1 Å². The zero-order chi connectivity index (χ0) is 14.6.